The van der Waals surface area contributed by atoms with Crippen LogP contribution in [0.4, 0.5) is 5.69 Å². The highest BCUT2D eigenvalue weighted by atomic mass is 32.2. The molecule has 12 nitrogen and oxygen atoms in total. The van der Waals surface area contributed by atoms with Crippen LogP contribution in [0.3, 0.4) is 0 Å². The van der Waals surface area contributed by atoms with Gasteiger partial charge in [0.2, 0.25) is 5.91 Å². The first-order valence-electron chi connectivity index (χ1n) is 24.6. The molecule has 1 aromatic carbocycles. The number of carboxylic acid groups (broad SMARTS) is 2. The largest absolute Gasteiger partial charge is 0.481 e. The molecule has 0 aliphatic carbocycles. The molecule has 360 valence electrons. The first kappa shape index (κ1) is 57.4. The van der Waals surface area contributed by atoms with Crippen LogP contribution < -0.4 is 10.6 Å². The zero-order valence-corrected chi connectivity index (χ0v) is 39.9. The van der Waals surface area contributed by atoms with Gasteiger partial charge in [-0.25, -0.2) is 4.79 Å². The summed E-state index contributed by atoms with van der Waals surface area (Å²) in [4.78, 5) is 73.4. The Kier molecular flexibility index (Phi) is 36.4. The van der Waals surface area contributed by atoms with Crippen LogP contribution >= 0.6 is 11.8 Å². The number of thioether (sulfide) groups is 1. The van der Waals surface area contributed by atoms with Gasteiger partial charge in [0.1, 0.15) is 18.8 Å². The summed E-state index contributed by atoms with van der Waals surface area (Å²) in [7, 11) is 0. The van der Waals surface area contributed by atoms with Gasteiger partial charge < -0.3 is 30.3 Å². The van der Waals surface area contributed by atoms with Gasteiger partial charge in [-0.05, 0) is 37.5 Å². The van der Waals surface area contributed by atoms with Crippen molar-refractivity contribution < 1.29 is 48.5 Å². The van der Waals surface area contributed by atoms with Crippen LogP contribution in [0.5, 0.6) is 0 Å². The van der Waals surface area contributed by atoms with E-state index in [1.165, 1.54) is 152 Å². The van der Waals surface area contributed by atoms with Crippen LogP contribution in [0, 0.1) is 0 Å². The number of carbonyl (C=O) groups excluding carboxylic acids is 4. The molecule has 0 aliphatic heterocycles. The quantitative estimate of drug-likeness (QED) is 0.0361. The molecule has 4 N–H and O–H groups in total. The first-order valence-corrected chi connectivity index (χ1v) is 25.8. The van der Waals surface area contributed by atoms with Gasteiger partial charge in [0, 0.05) is 48.4 Å². The molecule has 13 heteroatoms. The van der Waals surface area contributed by atoms with Crippen molar-refractivity contribution in [1.82, 2.24) is 5.32 Å². The monoisotopic (exact) mass is 905 g/mol. The molecule has 2 atom stereocenters. The van der Waals surface area contributed by atoms with E-state index < -0.39 is 36.4 Å². The van der Waals surface area contributed by atoms with Crippen molar-refractivity contribution in [2.75, 3.05) is 23.4 Å². The fourth-order valence-electron chi connectivity index (χ4n) is 7.30. The molecule has 0 saturated heterocycles. The lowest BCUT2D eigenvalue weighted by Gasteiger charge is -2.18. The average Bonchev–Trinajstić information content (AvgIpc) is 3.25. The fraction of sp³-hybridized carbons (Fsp3) is 0.760. The summed E-state index contributed by atoms with van der Waals surface area (Å²) >= 11 is 1.41. The third-order valence-corrected chi connectivity index (χ3v) is 12.2. The van der Waals surface area contributed by atoms with Crippen LogP contribution in [0.2, 0.25) is 0 Å². The van der Waals surface area contributed by atoms with Crippen molar-refractivity contribution in [2.45, 2.75) is 225 Å². The number of nitrogens with one attached hydrogen (secondary N) is 2. The maximum Gasteiger partial charge on any atom is 0.326 e. The van der Waals surface area contributed by atoms with E-state index in [1.54, 1.807) is 12.1 Å². The Labute approximate surface area is 383 Å². The number of ether oxygens (including phenoxy) is 2. The van der Waals surface area contributed by atoms with E-state index >= 15 is 0 Å². The molecule has 1 aromatic rings. The van der Waals surface area contributed by atoms with E-state index in [9.17, 15) is 33.9 Å². The van der Waals surface area contributed by atoms with Crippen molar-refractivity contribution in [2.24, 2.45) is 0 Å². The summed E-state index contributed by atoms with van der Waals surface area (Å²) in [5.74, 6) is -3.40. The normalized spacial score (nSPS) is 12.0. The summed E-state index contributed by atoms with van der Waals surface area (Å²) in [6.07, 6.45) is 31.2. The van der Waals surface area contributed by atoms with Crippen molar-refractivity contribution >= 4 is 53.1 Å². The molecule has 0 spiro atoms. The highest BCUT2D eigenvalue weighted by molar-refractivity contribution is 7.99. The molecule has 0 bridgehead atoms. The fourth-order valence-corrected chi connectivity index (χ4v) is 8.22. The number of unbranched alkanes of at least 4 members (excludes halogenated alkanes) is 24. The zero-order valence-electron chi connectivity index (χ0n) is 39.1. The Balaban J connectivity index is 2.51. The predicted octanol–water partition coefficient (Wildman–Crippen LogP) is 12.2. The first-order chi connectivity index (χ1) is 30.5. The highest BCUT2D eigenvalue weighted by Gasteiger charge is 2.22. The Morgan fingerprint density at radius 3 is 1.56 bits per heavy atom. The highest BCUT2D eigenvalue weighted by Crippen LogP contribution is 2.18. The summed E-state index contributed by atoms with van der Waals surface area (Å²) in [6, 6.07) is 4.64. The summed E-state index contributed by atoms with van der Waals surface area (Å²) in [5, 5.41) is 23.3. The number of carbonyl (C=O) groups is 6. The molecule has 0 heterocycles. The van der Waals surface area contributed by atoms with Gasteiger partial charge in [0.15, 0.2) is 0 Å². The number of anilines is 1. The zero-order chi connectivity index (χ0) is 46.2. The van der Waals surface area contributed by atoms with E-state index in [2.05, 4.69) is 24.5 Å². The van der Waals surface area contributed by atoms with Gasteiger partial charge in [-0.3, -0.25) is 24.0 Å². The third kappa shape index (κ3) is 34.5. The van der Waals surface area contributed by atoms with Crippen LogP contribution in [-0.4, -0.2) is 76.2 Å². The lowest BCUT2D eigenvalue weighted by Crippen LogP contribution is -2.41. The van der Waals surface area contributed by atoms with E-state index in [0.717, 1.165) is 38.5 Å². The van der Waals surface area contributed by atoms with E-state index in [0.29, 0.717) is 30.0 Å². The van der Waals surface area contributed by atoms with Gasteiger partial charge in [-0.2, -0.15) is 11.8 Å². The molecular weight excluding hydrogens is 821 g/mol. The van der Waals surface area contributed by atoms with Gasteiger partial charge in [-0.15, -0.1) is 0 Å². The number of benzene rings is 1. The van der Waals surface area contributed by atoms with Crippen molar-refractivity contribution in [3.05, 3.63) is 29.8 Å². The number of hydrogen-bond acceptors (Lipinski definition) is 9. The molecule has 1 rings (SSSR count). The Hall–Kier alpha value is -3.61. The van der Waals surface area contributed by atoms with Crippen LogP contribution in [0.1, 0.15) is 223 Å². The molecule has 1 unspecified atom stereocenters. The molecular formula is C50H84N2O10S. The van der Waals surface area contributed by atoms with Gasteiger partial charge in [0.05, 0.1) is 0 Å². The second-order valence-corrected chi connectivity index (χ2v) is 18.2. The van der Waals surface area contributed by atoms with Crippen LogP contribution in [0.15, 0.2) is 24.3 Å². The molecule has 0 radical (unpaired) electrons. The molecule has 0 aliphatic rings. The molecule has 0 aromatic heterocycles. The number of carboxylic acids is 2. The lowest BCUT2D eigenvalue weighted by atomic mass is 10.0. The topological polar surface area (TPSA) is 185 Å². The molecule has 2 amide bonds. The number of amides is 2. The SMILES string of the molecule is CCCCCCCCCCCCCCCC(=O)OCC(CSCCC(=O)Nc1cccc(C(=O)N[C@@H](CCC(=O)O)C(=O)O)c1)OC(=O)CCCCCCCCCCCCCCC. The third-order valence-electron chi connectivity index (χ3n) is 11.1. The Morgan fingerprint density at radius 2 is 1.08 bits per heavy atom. The molecule has 63 heavy (non-hydrogen) atoms. The number of rotatable bonds is 43. The van der Waals surface area contributed by atoms with E-state index in [4.69, 9.17) is 14.6 Å². The smallest absolute Gasteiger partial charge is 0.326 e. The summed E-state index contributed by atoms with van der Waals surface area (Å²) < 4.78 is 11.4. The lowest BCUT2D eigenvalue weighted by molar-refractivity contribution is -0.157. The second kappa shape index (κ2) is 39.9. The minimum absolute atomic E-state index is 0.0330. The van der Waals surface area contributed by atoms with Crippen molar-refractivity contribution in [3.63, 3.8) is 0 Å². The Morgan fingerprint density at radius 1 is 0.603 bits per heavy atom. The van der Waals surface area contributed by atoms with E-state index in [-0.39, 0.29) is 42.9 Å². The molecule has 0 saturated carbocycles. The predicted molar refractivity (Wildman–Crippen MR) is 254 cm³/mol. The summed E-state index contributed by atoms with van der Waals surface area (Å²) in [6.45, 7) is 4.46. The van der Waals surface area contributed by atoms with Crippen LogP contribution in [-0.2, 0) is 33.4 Å². The number of aliphatic carboxylic acids is 2. The van der Waals surface area contributed by atoms with Crippen molar-refractivity contribution in [1.29, 1.82) is 0 Å². The van der Waals surface area contributed by atoms with E-state index in [1.807, 2.05) is 0 Å². The standard InChI is InChI=1S/C50H84N2O10S/c1-3-5-7-9-11-13-15-17-19-21-23-25-27-32-47(56)61-39-43(62-48(57)33-28-26-24-22-20-18-16-14-12-10-8-6-4-2)40-63-37-36-45(53)51-42-31-29-30-41(38-42)49(58)52-44(50(59)60)34-35-46(54)55/h29-31,38,43-44H,3-28,32-37,39-40H2,1-2H3,(H,51,53)(H,52,58)(H,54,55)(H,59,60)/t43?,44-/m0/s1. The van der Waals surface area contributed by atoms with Crippen LogP contribution in [0.25, 0.3) is 0 Å². The molecule has 0 fully saturated rings. The van der Waals surface area contributed by atoms with Gasteiger partial charge in [0.25, 0.3) is 5.91 Å². The Bertz CT molecular complexity index is 1390. The minimum Gasteiger partial charge on any atom is -0.481 e. The maximum atomic E-state index is 12.9. The van der Waals surface area contributed by atoms with Gasteiger partial charge in [-0.1, -0.05) is 174 Å². The number of esters is 2. The maximum absolute atomic E-state index is 12.9. The number of hydrogen-bond donors (Lipinski definition) is 4. The average molecular weight is 905 g/mol. The van der Waals surface area contributed by atoms with Crippen molar-refractivity contribution in [3.8, 4) is 0 Å². The second-order valence-electron chi connectivity index (χ2n) is 17.0. The van der Waals surface area contributed by atoms with Gasteiger partial charge >= 0.3 is 23.9 Å². The summed E-state index contributed by atoms with van der Waals surface area (Å²) in [5.41, 5.74) is 0.446. The minimum atomic E-state index is -1.38.